The van der Waals surface area contributed by atoms with Crippen LogP contribution in [0.4, 0.5) is 24.5 Å². The Morgan fingerprint density at radius 3 is 2.38 bits per heavy atom. The van der Waals surface area contributed by atoms with Crippen LogP contribution in [0.1, 0.15) is 32.3 Å². The molecule has 1 aromatic rings. The Balaban J connectivity index is 2.14. The minimum atomic E-state index is -4.64. The van der Waals surface area contributed by atoms with Crippen molar-refractivity contribution in [3.8, 4) is 0 Å². The molecule has 26 heavy (non-hydrogen) atoms. The van der Waals surface area contributed by atoms with Gasteiger partial charge in [-0.15, -0.1) is 0 Å². The molecule has 1 amide bonds. The Morgan fingerprint density at radius 1 is 1.27 bits per heavy atom. The maximum absolute atomic E-state index is 12.8. The third kappa shape index (κ3) is 4.44. The highest BCUT2D eigenvalue weighted by molar-refractivity contribution is 5.79. The van der Waals surface area contributed by atoms with Gasteiger partial charge in [0.1, 0.15) is 5.69 Å². The number of carbonyl (C=O) groups is 1. The number of amides is 1. The summed E-state index contributed by atoms with van der Waals surface area (Å²) in [7, 11) is 0. The number of carbonyl (C=O) groups excluding carboxylic acids is 1. The van der Waals surface area contributed by atoms with Gasteiger partial charge in [0, 0.05) is 38.2 Å². The van der Waals surface area contributed by atoms with Gasteiger partial charge in [0.15, 0.2) is 0 Å². The molecule has 2 rings (SSSR count). The Kier molecular flexibility index (Phi) is 6.09. The van der Waals surface area contributed by atoms with Crippen molar-refractivity contribution in [3.05, 3.63) is 33.9 Å². The van der Waals surface area contributed by atoms with Gasteiger partial charge in [-0.25, -0.2) is 0 Å². The highest BCUT2D eigenvalue weighted by Gasteiger charge is 2.34. The van der Waals surface area contributed by atoms with Crippen molar-refractivity contribution in [2.24, 2.45) is 5.92 Å². The second-order valence-corrected chi connectivity index (χ2v) is 6.46. The minimum absolute atomic E-state index is 0.0495. The first kappa shape index (κ1) is 20.0. The summed E-state index contributed by atoms with van der Waals surface area (Å²) in [5.41, 5.74) is -1.47. The lowest BCUT2D eigenvalue weighted by atomic mass is 10.0. The minimum Gasteiger partial charge on any atom is -0.362 e. The van der Waals surface area contributed by atoms with Gasteiger partial charge >= 0.3 is 6.18 Å². The van der Waals surface area contributed by atoms with E-state index < -0.39 is 22.4 Å². The van der Waals surface area contributed by atoms with Crippen LogP contribution in [0.15, 0.2) is 18.2 Å². The van der Waals surface area contributed by atoms with Gasteiger partial charge in [0.25, 0.3) is 5.69 Å². The molecular weight excluding hydrogens is 351 g/mol. The number of hydrogen-bond donors (Lipinski definition) is 0. The molecule has 1 fully saturated rings. The topological polar surface area (TPSA) is 66.7 Å². The van der Waals surface area contributed by atoms with Crippen molar-refractivity contribution in [1.29, 1.82) is 0 Å². The number of anilines is 1. The molecule has 1 heterocycles. The largest absolute Gasteiger partial charge is 0.416 e. The summed E-state index contributed by atoms with van der Waals surface area (Å²) >= 11 is 0. The van der Waals surface area contributed by atoms with Crippen LogP contribution in [0.25, 0.3) is 0 Å². The van der Waals surface area contributed by atoms with Crippen LogP contribution >= 0.6 is 0 Å². The van der Waals surface area contributed by atoms with Crippen LogP contribution < -0.4 is 4.90 Å². The molecule has 0 radical (unpaired) electrons. The number of benzene rings is 1. The predicted octanol–water partition coefficient (Wildman–Crippen LogP) is 3.70. The Bertz CT molecular complexity index is 671. The van der Waals surface area contributed by atoms with E-state index in [0.29, 0.717) is 32.2 Å². The molecule has 1 aromatic carbocycles. The Labute approximate surface area is 149 Å². The summed E-state index contributed by atoms with van der Waals surface area (Å²) in [6.45, 7) is 5.36. The number of hydrogen-bond acceptors (Lipinski definition) is 4. The zero-order valence-electron chi connectivity index (χ0n) is 14.8. The molecule has 6 nitrogen and oxygen atoms in total. The zero-order valence-corrected chi connectivity index (χ0v) is 14.8. The molecule has 1 saturated heterocycles. The van der Waals surface area contributed by atoms with Gasteiger partial charge in [-0.3, -0.25) is 14.9 Å². The van der Waals surface area contributed by atoms with E-state index in [2.05, 4.69) is 0 Å². The number of halogens is 3. The third-order valence-corrected chi connectivity index (χ3v) is 4.57. The monoisotopic (exact) mass is 373 g/mol. The van der Waals surface area contributed by atoms with Crippen LogP contribution in [-0.2, 0) is 11.0 Å². The second kappa shape index (κ2) is 7.92. The van der Waals surface area contributed by atoms with Crippen molar-refractivity contribution in [2.75, 3.05) is 31.1 Å². The van der Waals surface area contributed by atoms with Crippen molar-refractivity contribution >= 4 is 17.3 Å². The number of rotatable bonds is 5. The van der Waals surface area contributed by atoms with Gasteiger partial charge < -0.3 is 9.80 Å². The van der Waals surface area contributed by atoms with Crippen molar-refractivity contribution in [2.45, 2.75) is 32.9 Å². The van der Waals surface area contributed by atoms with Crippen LogP contribution in [0, 0.1) is 16.0 Å². The van der Waals surface area contributed by atoms with E-state index in [1.165, 1.54) is 0 Å². The molecular formula is C17H22F3N3O3. The van der Waals surface area contributed by atoms with Crippen LogP contribution in [-0.4, -0.2) is 41.9 Å². The molecule has 0 saturated carbocycles. The summed E-state index contributed by atoms with van der Waals surface area (Å²) in [4.78, 5) is 26.1. The van der Waals surface area contributed by atoms with Crippen molar-refractivity contribution in [1.82, 2.24) is 4.90 Å². The average molecular weight is 373 g/mol. The fourth-order valence-corrected chi connectivity index (χ4v) is 3.15. The summed E-state index contributed by atoms with van der Waals surface area (Å²) < 4.78 is 38.4. The van der Waals surface area contributed by atoms with Gasteiger partial charge in [0.2, 0.25) is 5.91 Å². The lowest BCUT2D eigenvalue weighted by molar-refractivity contribution is -0.384. The molecule has 0 aromatic heterocycles. The number of piperazine rings is 1. The standard InChI is InChI=1S/C17H22F3N3O3/c1-3-4-12(2)16(24)22-9-7-21(8-10-22)14-6-5-13(17(18,19)20)11-15(14)23(25)26/h5-6,11-12H,3-4,7-10H2,1-2H3. The first-order valence-electron chi connectivity index (χ1n) is 8.54. The first-order chi connectivity index (χ1) is 12.1. The van der Waals surface area contributed by atoms with Gasteiger partial charge in [0.05, 0.1) is 10.5 Å². The predicted molar refractivity (Wildman–Crippen MR) is 91.0 cm³/mol. The Hall–Kier alpha value is -2.32. The van der Waals surface area contributed by atoms with Gasteiger partial charge in [-0.2, -0.15) is 13.2 Å². The van der Waals surface area contributed by atoms with E-state index in [-0.39, 0.29) is 17.5 Å². The smallest absolute Gasteiger partial charge is 0.362 e. The quantitative estimate of drug-likeness (QED) is 0.583. The molecule has 1 atom stereocenters. The number of nitro benzene ring substituents is 1. The van der Waals surface area contributed by atoms with Crippen LogP contribution in [0.3, 0.4) is 0 Å². The zero-order chi connectivity index (χ0) is 19.5. The lowest BCUT2D eigenvalue weighted by Gasteiger charge is -2.37. The first-order valence-corrected chi connectivity index (χ1v) is 8.54. The van der Waals surface area contributed by atoms with Crippen molar-refractivity contribution in [3.63, 3.8) is 0 Å². The summed E-state index contributed by atoms with van der Waals surface area (Å²) in [5.74, 6) is -0.0274. The van der Waals surface area contributed by atoms with Crippen molar-refractivity contribution < 1.29 is 22.9 Å². The summed E-state index contributed by atoms with van der Waals surface area (Å²) in [6.07, 6.45) is -2.93. The molecule has 144 valence electrons. The number of alkyl halides is 3. The summed E-state index contributed by atoms with van der Waals surface area (Å²) in [5, 5.41) is 11.2. The van der Waals surface area contributed by atoms with E-state index in [4.69, 9.17) is 0 Å². The fourth-order valence-electron chi connectivity index (χ4n) is 3.15. The van der Waals surface area contributed by atoms with Crippen LogP contribution in [0.5, 0.6) is 0 Å². The summed E-state index contributed by atoms with van der Waals surface area (Å²) in [6, 6.07) is 2.55. The van der Waals surface area contributed by atoms with E-state index >= 15 is 0 Å². The highest BCUT2D eigenvalue weighted by Crippen LogP contribution is 2.36. The van der Waals surface area contributed by atoms with Gasteiger partial charge in [-0.05, 0) is 18.6 Å². The normalized spacial score (nSPS) is 16.5. The second-order valence-electron chi connectivity index (χ2n) is 6.46. The molecule has 0 N–H and O–H groups in total. The average Bonchev–Trinajstić information content (AvgIpc) is 2.60. The number of nitro groups is 1. The maximum Gasteiger partial charge on any atom is 0.416 e. The number of nitrogens with zero attached hydrogens (tertiary/aromatic N) is 3. The molecule has 0 spiro atoms. The van der Waals surface area contributed by atoms with E-state index in [9.17, 15) is 28.1 Å². The van der Waals surface area contributed by atoms with Crippen LogP contribution in [0.2, 0.25) is 0 Å². The SMILES string of the molecule is CCCC(C)C(=O)N1CCN(c2ccc(C(F)(F)F)cc2[N+](=O)[O-])CC1. The third-order valence-electron chi connectivity index (χ3n) is 4.57. The lowest BCUT2D eigenvalue weighted by Crippen LogP contribution is -2.50. The molecule has 9 heteroatoms. The Morgan fingerprint density at radius 2 is 1.88 bits per heavy atom. The highest BCUT2D eigenvalue weighted by atomic mass is 19.4. The fraction of sp³-hybridized carbons (Fsp3) is 0.588. The van der Waals surface area contributed by atoms with E-state index in [0.717, 1.165) is 25.0 Å². The molecule has 0 aliphatic carbocycles. The molecule has 0 bridgehead atoms. The molecule has 1 aliphatic heterocycles. The molecule has 1 aliphatic rings. The van der Waals surface area contributed by atoms with E-state index in [1.54, 1.807) is 9.80 Å². The van der Waals surface area contributed by atoms with E-state index in [1.807, 2.05) is 13.8 Å². The maximum atomic E-state index is 12.8. The molecule has 1 unspecified atom stereocenters. The van der Waals surface area contributed by atoms with Gasteiger partial charge in [-0.1, -0.05) is 20.3 Å².